The van der Waals surface area contributed by atoms with Gasteiger partial charge in [-0.15, -0.1) is 0 Å². The molecule has 0 heterocycles. The van der Waals surface area contributed by atoms with Gasteiger partial charge in [-0.2, -0.15) is 16.8 Å². The number of carboxylic acid groups (broad SMARTS) is 2. The lowest BCUT2D eigenvalue weighted by atomic mass is 10.0. The molecule has 10 nitrogen and oxygen atoms in total. The van der Waals surface area contributed by atoms with Crippen molar-refractivity contribution in [1.29, 1.82) is 0 Å². The minimum Gasteiger partial charge on any atom is -0.478 e. The first kappa shape index (κ1) is 26.4. The summed E-state index contributed by atoms with van der Waals surface area (Å²) >= 11 is 0. The molecule has 0 radical (unpaired) electrons. The molecule has 0 aliphatic heterocycles. The van der Waals surface area contributed by atoms with Gasteiger partial charge in [0.2, 0.25) is 0 Å². The fourth-order valence-electron chi connectivity index (χ4n) is 3.41. The molecule has 0 spiro atoms. The number of carboxylic acids is 2. The van der Waals surface area contributed by atoms with Crippen molar-refractivity contribution < 1.29 is 45.0 Å². The Bertz CT molecular complexity index is 1560. The van der Waals surface area contributed by atoms with E-state index in [0.717, 1.165) is 12.5 Å². The zero-order chi connectivity index (χ0) is 26.7. The highest BCUT2D eigenvalue weighted by Gasteiger charge is 2.19. The smallest absolute Gasteiger partial charge is 0.340 e. The van der Waals surface area contributed by atoms with E-state index < -0.39 is 32.2 Å². The highest BCUT2D eigenvalue weighted by atomic mass is 32.2. The minimum atomic E-state index is -3.77. The van der Waals surface area contributed by atoms with E-state index in [9.17, 15) is 36.6 Å². The van der Waals surface area contributed by atoms with Crippen LogP contribution in [0.15, 0.2) is 72.8 Å². The van der Waals surface area contributed by atoms with Gasteiger partial charge in [-0.05, 0) is 22.9 Å². The standard InChI is InChI=1S/2C12H10O5S/c2*1-18(15,16)17-10-7-6-8-4-2-3-5-9(8)11(10)12(13)14/h2*2-7H,1H3,(H,13,14). The molecule has 0 aliphatic carbocycles. The Morgan fingerprint density at radius 1 is 0.583 bits per heavy atom. The molecular formula is C24H20O10S2. The van der Waals surface area contributed by atoms with Crippen LogP contribution in [-0.2, 0) is 20.2 Å². The minimum absolute atomic E-state index is 0.154. The third kappa shape index (κ3) is 6.49. The molecule has 0 saturated heterocycles. The van der Waals surface area contributed by atoms with Crippen LogP contribution >= 0.6 is 0 Å². The Morgan fingerprint density at radius 2 is 0.917 bits per heavy atom. The summed E-state index contributed by atoms with van der Waals surface area (Å²) < 4.78 is 53.8. The molecule has 4 aromatic carbocycles. The van der Waals surface area contributed by atoms with Gasteiger partial charge in [-0.1, -0.05) is 60.7 Å². The van der Waals surface area contributed by atoms with Gasteiger partial charge in [0.25, 0.3) is 0 Å². The van der Waals surface area contributed by atoms with Gasteiger partial charge < -0.3 is 18.6 Å². The zero-order valence-corrected chi connectivity index (χ0v) is 20.5. The Morgan fingerprint density at radius 3 is 1.22 bits per heavy atom. The maximum Gasteiger partial charge on any atom is 0.340 e. The average Bonchev–Trinajstić information content (AvgIpc) is 2.76. The summed E-state index contributed by atoms with van der Waals surface area (Å²) in [6.07, 6.45) is 1.74. The van der Waals surface area contributed by atoms with Gasteiger partial charge in [0.1, 0.15) is 11.1 Å². The van der Waals surface area contributed by atoms with E-state index in [2.05, 4.69) is 0 Å². The van der Waals surface area contributed by atoms with Crippen LogP contribution in [0.5, 0.6) is 11.5 Å². The van der Waals surface area contributed by atoms with Gasteiger partial charge in [0.15, 0.2) is 11.5 Å². The van der Waals surface area contributed by atoms with Crippen molar-refractivity contribution in [1.82, 2.24) is 0 Å². The van der Waals surface area contributed by atoms with E-state index in [0.29, 0.717) is 21.5 Å². The Hall–Kier alpha value is -4.16. The van der Waals surface area contributed by atoms with Crippen LogP contribution in [0.4, 0.5) is 0 Å². The molecule has 36 heavy (non-hydrogen) atoms. The number of carbonyl (C=O) groups is 2. The predicted molar refractivity (Wildman–Crippen MR) is 133 cm³/mol. The van der Waals surface area contributed by atoms with Crippen LogP contribution in [0.25, 0.3) is 21.5 Å². The second kappa shape index (κ2) is 10.2. The molecule has 0 amide bonds. The van der Waals surface area contributed by atoms with E-state index in [-0.39, 0.29) is 22.6 Å². The molecule has 0 aliphatic rings. The first-order valence-electron chi connectivity index (χ1n) is 10.1. The molecule has 0 atom stereocenters. The van der Waals surface area contributed by atoms with Gasteiger partial charge in [-0.25, -0.2) is 9.59 Å². The van der Waals surface area contributed by atoms with Crippen molar-refractivity contribution in [2.24, 2.45) is 0 Å². The van der Waals surface area contributed by atoms with Crippen molar-refractivity contribution in [3.8, 4) is 11.5 Å². The highest BCUT2D eigenvalue weighted by Crippen LogP contribution is 2.30. The van der Waals surface area contributed by atoms with E-state index >= 15 is 0 Å². The summed E-state index contributed by atoms with van der Waals surface area (Å²) in [5.41, 5.74) is -0.308. The topological polar surface area (TPSA) is 161 Å². The maximum atomic E-state index is 11.2. The largest absolute Gasteiger partial charge is 0.478 e. The Balaban J connectivity index is 0.000000201. The van der Waals surface area contributed by atoms with Gasteiger partial charge in [0.05, 0.1) is 12.5 Å². The van der Waals surface area contributed by atoms with Crippen molar-refractivity contribution in [2.45, 2.75) is 0 Å². The second-order valence-electron chi connectivity index (χ2n) is 7.50. The van der Waals surface area contributed by atoms with Crippen LogP contribution in [0.2, 0.25) is 0 Å². The quantitative estimate of drug-likeness (QED) is 0.350. The van der Waals surface area contributed by atoms with E-state index in [1.54, 1.807) is 60.7 Å². The number of aromatic carboxylic acids is 2. The number of rotatable bonds is 6. The lowest BCUT2D eigenvalue weighted by Gasteiger charge is -2.09. The van der Waals surface area contributed by atoms with Crippen LogP contribution in [-0.4, -0.2) is 51.5 Å². The molecule has 0 unspecified atom stereocenters. The van der Waals surface area contributed by atoms with Gasteiger partial charge >= 0.3 is 32.2 Å². The van der Waals surface area contributed by atoms with E-state index in [1.807, 2.05) is 0 Å². The first-order chi connectivity index (χ1) is 16.8. The first-order valence-corrected chi connectivity index (χ1v) is 13.7. The molecular weight excluding hydrogens is 512 g/mol. The van der Waals surface area contributed by atoms with Crippen LogP contribution < -0.4 is 8.37 Å². The zero-order valence-electron chi connectivity index (χ0n) is 18.9. The number of hydrogen-bond donors (Lipinski definition) is 2. The van der Waals surface area contributed by atoms with Crippen molar-refractivity contribution >= 4 is 53.7 Å². The van der Waals surface area contributed by atoms with Gasteiger partial charge in [-0.3, -0.25) is 0 Å². The summed E-state index contributed by atoms with van der Waals surface area (Å²) in [4.78, 5) is 22.5. The third-order valence-corrected chi connectivity index (χ3v) is 5.66. The molecule has 0 saturated carbocycles. The number of benzene rings is 4. The Labute approximate surface area is 206 Å². The monoisotopic (exact) mass is 532 g/mol. The highest BCUT2D eigenvalue weighted by molar-refractivity contribution is 7.86. The predicted octanol–water partition coefficient (Wildman–Crippen LogP) is 3.75. The lowest BCUT2D eigenvalue weighted by Crippen LogP contribution is -2.10. The number of hydrogen-bond acceptors (Lipinski definition) is 8. The molecule has 0 fully saturated rings. The fraction of sp³-hybridized carbons (Fsp3) is 0.0833. The SMILES string of the molecule is CS(=O)(=O)Oc1ccc2ccccc2c1C(=O)O.CS(=O)(=O)Oc1ccc2ccccc2c1C(=O)O. The van der Waals surface area contributed by atoms with Crippen molar-refractivity contribution in [2.75, 3.05) is 12.5 Å². The third-order valence-electron chi connectivity index (χ3n) is 4.69. The number of fused-ring (bicyclic) bond motifs is 2. The maximum absolute atomic E-state index is 11.2. The molecule has 12 heteroatoms. The summed E-state index contributed by atoms with van der Waals surface area (Å²) in [6.45, 7) is 0. The van der Waals surface area contributed by atoms with Crippen molar-refractivity contribution in [3.05, 3.63) is 83.9 Å². The van der Waals surface area contributed by atoms with Crippen LogP contribution in [0.3, 0.4) is 0 Å². The second-order valence-corrected chi connectivity index (χ2v) is 10.7. The molecule has 0 bridgehead atoms. The molecule has 0 aromatic heterocycles. The fourth-order valence-corrected chi connectivity index (χ4v) is 4.34. The normalized spacial score (nSPS) is 11.4. The average molecular weight is 533 g/mol. The summed E-state index contributed by atoms with van der Waals surface area (Å²) in [5, 5.41) is 20.7. The summed E-state index contributed by atoms with van der Waals surface area (Å²) in [7, 11) is -7.53. The molecule has 2 N–H and O–H groups in total. The van der Waals surface area contributed by atoms with Crippen molar-refractivity contribution in [3.63, 3.8) is 0 Å². The molecule has 4 aromatic rings. The van der Waals surface area contributed by atoms with E-state index in [1.165, 1.54) is 12.1 Å². The molecule has 4 rings (SSSR count). The Kier molecular flexibility index (Phi) is 7.51. The summed E-state index contributed by atoms with van der Waals surface area (Å²) in [5.74, 6) is -2.82. The van der Waals surface area contributed by atoms with Crippen LogP contribution in [0.1, 0.15) is 20.7 Å². The van der Waals surface area contributed by atoms with Crippen LogP contribution in [0, 0.1) is 0 Å². The summed E-state index contributed by atoms with van der Waals surface area (Å²) in [6, 6.07) is 19.5. The van der Waals surface area contributed by atoms with E-state index in [4.69, 9.17) is 8.37 Å². The lowest BCUT2D eigenvalue weighted by molar-refractivity contribution is 0.0686. The van der Waals surface area contributed by atoms with Gasteiger partial charge in [0, 0.05) is 10.8 Å². The molecule has 188 valence electrons.